The fraction of sp³-hybridized carbons (Fsp3) is 0.391. The Hall–Kier alpha value is -2.51. The lowest BCUT2D eigenvalue weighted by Gasteiger charge is -2.53. The molecule has 5 rings (SSSR count). The van der Waals surface area contributed by atoms with Crippen LogP contribution in [0.4, 0.5) is 5.69 Å². The summed E-state index contributed by atoms with van der Waals surface area (Å²) in [6, 6.07) is 13.0. The number of hydrogen-bond donors (Lipinski definition) is 1. The third-order valence-corrected chi connectivity index (χ3v) is 6.55. The molecule has 0 spiro atoms. The van der Waals surface area contributed by atoms with Gasteiger partial charge in [0.05, 0.1) is 11.6 Å². The summed E-state index contributed by atoms with van der Waals surface area (Å²) in [5, 5.41) is 3.74. The predicted octanol–water partition coefficient (Wildman–Crippen LogP) is 5.85. The van der Waals surface area contributed by atoms with Gasteiger partial charge < -0.3 is 10.1 Å². The number of nitrogens with zero attached hydrogens (tertiary/aromatic N) is 1. The Bertz CT molecular complexity index is 922. The van der Waals surface area contributed by atoms with Gasteiger partial charge in [-0.2, -0.15) is 0 Å². The molecule has 3 fully saturated rings. The molecule has 28 heavy (non-hydrogen) atoms. The van der Waals surface area contributed by atoms with Crippen molar-refractivity contribution in [3.8, 4) is 5.75 Å². The number of nitrogens with one attached hydrogen (secondary N) is 1. The fourth-order valence-corrected chi connectivity index (χ4v) is 4.61. The molecule has 0 saturated heterocycles. The smallest absolute Gasteiger partial charge is 0.251 e. The molecule has 3 aliphatic carbocycles. The molecule has 1 amide bonds. The van der Waals surface area contributed by atoms with Gasteiger partial charge in [0.25, 0.3) is 5.91 Å². The van der Waals surface area contributed by atoms with Gasteiger partial charge in [-0.25, -0.2) is 4.85 Å². The standard InChI is InChI=1S/C23H23ClN2O2/c1-16-3-5-17(6-4-16)21(27)26-22-9-12-23(13-10-22,14-11-22)28-18-7-8-20(25-2)19(24)15-18/h3-8,15H,9-14H2,1H3,(H,26,27). The molecule has 4 nitrogen and oxygen atoms in total. The van der Waals surface area contributed by atoms with Crippen LogP contribution in [-0.4, -0.2) is 17.0 Å². The van der Waals surface area contributed by atoms with E-state index >= 15 is 0 Å². The molecule has 144 valence electrons. The number of rotatable bonds is 4. The third kappa shape index (κ3) is 3.59. The summed E-state index contributed by atoms with van der Waals surface area (Å²) in [5.41, 5.74) is 1.99. The lowest BCUT2D eigenvalue weighted by atomic mass is 9.63. The first kappa shape index (κ1) is 18.8. The van der Waals surface area contributed by atoms with E-state index in [2.05, 4.69) is 10.2 Å². The Labute approximate surface area is 170 Å². The van der Waals surface area contributed by atoms with Crippen LogP contribution in [-0.2, 0) is 0 Å². The lowest BCUT2D eigenvalue weighted by molar-refractivity contribution is -0.0507. The average molecular weight is 395 g/mol. The van der Waals surface area contributed by atoms with Gasteiger partial charge in [0.2, 0.25) is 5.69 Å². The molecule has 3 aliphatic rings. The van der Waals surface area contributed by atoms with Crippen molar-refractivity contribution in [2.45, 2.75) is 56.6 Å². The minimum absolute atomic E-state index is 0.0110. The van der Waals surface area contributed by atoms with E-state index in [9.17, 15) is 4.79 Å². The highest BCUT2D eigenvalue weighted by molar-refractivity contribution is 6.33. The number of amides is 1. The predicted molar refractivity (Wildman–Crippen MR) is 110 cm³/mol. The van der Waals surface area contributed by atoms with Crippen molar-refractivity contribution in [1.29, 1.82) is 0 Å². The van der Waals surface area contributed by atoms with Gasteiger partial charge in [0.1, 0.15) is 11.4 Å². The molecule has 0 aromatic heterocycles. The van der Waals surface area contributed by atoms with Crippen LogP contribution in [0.25, 0.3) is 4.85 Å². The van der Waals surface area contributed by atoms with Crippen LogP contribution >= 0.6 is 11.6 Å². The van der Waals surface area contributed by atoms with Crippen LogP contribution in [0.2, 0.25) is 5.02 Å². The minimum Gasteiger partial charge on any atom is -0.487 e. The van der Waals surface area contributed by atoms with Crippen molar-refractivity contribution in [2.24, 2.45) is 0 Å². The summed E-state index contributed by atoms with van der Waals surface area (Å²) in [4.78, 5) is 16.1. The monoisotopic (exact) mass is 394 g/mol. The number of halogens is 1. The molecule has 0 unspecified atom stereocenters. The first-order valence-electron chi connectivity index (χ1n) is 9.68. The topological polar surface area (TPSA) is 42.7 Å². The van der Waals surface area contributed by atoms with Crippen molar-refractivity contribution in [3.63, 3.8) is 0 Å². The first-order chi connectivity index (χ1) is 13.4. The van der Waals surface area contributed by atoms with Crippen LogP contribution < -0.4 is 10.1 Å². The number of carbonyl (C=O) groups is 1. The second-order valence-electron chi connectivity index (χ2n) is 8.11. The van der Waals surface area contributed by atoms with Gasteiger partial charge in [0, 0.05) is 11.1 Å². The van der Waals surface area contributed by atoms with Crippen LogP contribution in [0.1, 0.15) is 54.4 Å². The summed E-state index contributed by atoms with van der Waals surface area (Å²) < 4.78 is 6.36. The minimum atomic E-state index is -0.195. The molecule has 2 bridgehead atoms. The van der Waals surface area contributed by atoms with E-state index in [0.717, 1.165) is 49.8 Å². The van der Waals surface area contributed by atoms with Crippen molar-refractivity contribution in [2.75, 3.05) is 0 Å². The van der Waals surface area contributed by atoms with E-state index < -0.39 is 0 Å². The van der Waals surface area contributed by atoms with Gasteiger partial charge in [-0.3, -0.25) is 4.79 Å². The number of benzene rings is 2. The van der Waals surface area contributed by atoms with E-state index in [1.807, 2.05) is 37.3 Å². The highest BCUT2D eigenvalue weighted by atomic mass is 35.5. The molecule has 0 aliphatic heterocycles. The summed E-state index contributed by atoms with van der Waals surface area (Å²) in [5.74, 6) is 0.729. The summed E-state index contributed by atoms with van der Waals surface area (Å²) in [6.45, 7) is 9.12. The van der Waals surface area contributed by atoms with E-state index in [1.165, 1.54) is 0 Å². The largest absolute Gasteiger partial charge is 0.487 e. The molecule has 0 heterocycles. The zero-order chi connectivity index (χ0) is 19.8. The number of ether oxygens (including phenoxy) is 1. The van der Waals surface area contributed by atoms with Gasteiger partial charge >= 0.3 is 0 Å². The highest BCUT2D eigenvalue weighted by Crippen LogP contribution is 2.49. The van der Waals surface area contributed by atoms with Crippen molar-refractivity contribution >= 4 is 23.2 Å². The van der Waals surface area contributed by atoms with Gasteiger partial charge in [-0.05, 0) is 69.7 Å². The van der Waals surface area contributed by atoms with Gasteiger partial charge in [0.15, 0.2) is 0 Å². The summed E-state index contributed by atoms with van der Waals surface area (Å²) >= 11 is 6.15. The maximum atomic E-state index is 12.7. The van der Waals surface area contributed by atoms with E-state index in [0.29, 0.717) is 16.3 Å². The van der Waals surface area contributed by atoms with Crippen molar-refractivity contribution < 1.29 is 9.53 Å². The molecule has 1 N–H and O–H groups in total. The normalized spacial score (nSPS) is 25.8. The molecule has 2 aromatic rings. The second-order valence-corrected chi connectivity index (χ2v) is 8.52. The van der Waals surface area contributed by atoms with Crippen molar-refractivity contribution in [3.05, 3.63) is 70.0 Å². The SMILES string of the molecule is [C-]#[N+]c1ccc(OC23CCC(NC(=O)c4ccc(C)cc4)(CC2)CC3)cc1Cl. The Morgan fingerprint density at radius 2 is 1.71 bits per heavy atom. The van der Waals surface area contributed by atoms with Crippen LogP contribution in [0.3, 0.4) is 0 Å². The number of aryl methyl sites for hydroxylation is 1. The zero-order valence-electron chi connectivity index (χ0n) is 15.9. The third-order valence-electron chi connectivity index (χ3n) is 6.24. The molecular formula is C23H23ClN2O2. The summed E-state index contributed by atoms with van der Waals surface area (Å²) in [6.07, 6.45) is 5.46. The number of carbonyl (C=O) groups excluding carboxylic acids is 1. The fourth-order valence-electron chi connectivity index (χ4n) is 4.40. The Balaban J connectivity index is 1.42. The molecule has 2 aromatic carbocycles. The Morgan fingerprint density at radius 1 is 1.07 bits per heavy atom. The second kappa shape index (κ2) is 7.14. The average Bonchev–Trinajstić information content (AvgIpc) is 2.70. The van der Waals surface area contributed by atoms with E-state index in [-0.39, 0.29) is 17.0 Å². The molecule has 0 radical (unpaired) electrons. The van der Waals surface area contributed by atoms with Crippen LogP contribution in [0.5, 0.6) is 5.75 Å². The quantitative estimate of drug-likeness (QED) is 0.660. The Morgan fingerprint density at radius 3 is 2.29 bits per heavy atom. The van der Waals surface area contributed by atoms with E-state index in [4.69, 9.17) is 22.9 Å². The zero-order valence-corrected chi connectivity index (χ0v) is 16.7. The first-order valence-corrected chi connectivity index (χ1v) is 10.1. The van der Waals surface area contributed by atoms with Crippen molar-refractivity contribution in [1.82, 2.24) is 5.32 Å². The molecule has 5 heteroatoms. The maximum Gasteiger partial charge on any atom is 0.251 e. The Kier molecular flexibility index (Phi) is 4.81. The van der Waals surface area contributed by atoms with Crippen LogP contribution in [0.15, 0.2) is 42.5 Å². The van der Waals surface area contributed by atoms with Gasteiger partial charge in [-0.15, -0.1) is 0 Å². The molecule has 0 atom stereocenters. The maximum absolute atomic E-state index is 12.7. The summed E-state index contributed by atoms with van der Waals surface area (Å²) in [7, 11) is 0. The van der Waals surface area contributed by atoms with Gasteiger partial charge in [-0.1, -0.05) is 35.4 Å². The molecular weight excluding hydrogens is 372 g/mol. The lowest BCUT2D eigenvalue weighted by Crippen LogP contribution is -2.60. The van der Waals surface area contributed by atoms with Crippen LogP contribution in [0, 0.1) is 13.5 Å². The van der Waals surface area contributed by atoms with E-state index in [1.54, 1.807) is 12.1 Å². The number of fused-ring (bicyclic) bond motifs is 3. The molecule has 3 saturated carbocycles. The highest BCUT2D eigenvalue weighted by Gasteiger charge is 2.50. The number of hydrogen-bond acceptors (Lipinski definition) is 2.